The number of benzene rings is 1. The van der Waals surface area contributed by atoms with Crippen LogP contribution >= 0.6 is 0 Å². The fourth-order valence-electron chi connectivity index (χ4n) is 3.25. The largest absolute Gasteiger partial charge is 0.342 e. The van der Waals surface area contributed by atoms with Crippen molar-refractivity contribution in [3.63, 3.8) is 0 Å². The summed E-state index contributed by atoms with van der Waals surface area (Å²) in [5.41, 5.74) is 0.466. The number of aromatic nitrogens is 2. The standard InChI is InChI=1S/C19H25FN4O2/c1-23(2)19-21-17(22-26-19)8-7-14-9-11-24(12-10-14)18(25)13-15-5-3-4-6-16(15)20/h3-6,14H,7-13H2,1-2H3. The van der Waals surface area contributed by atoms with E-state index in [9.17, 15) is 9.18 Å². The molecule has 1 saturated heterocycles. The van der Waals surface area contributed by atoms with Crippen molar-refractivity contribution in [2.45, 2.75) is 32.1 Å². The summed E-state index contributed by atoms with van der Waals surface area (Å²) in [4.78, 5) is 20.4. The van der Waals surface area contributed by atoms with E-state index in [-0.39, 0.29) is 18.1 Å². The number of anilines is 1. The Labute approximate surface area is 153 Å². The third-order valence-electron chi connectivity index (χ3n) is 4.88. The fraction of sp³-hybridized carbons (Fsp3) is 0.526. The second kappa shape index (κ2) is 8.29. The molecule has 0 spiro atoms. The van der Waals surface area contributed by atoms with E-state index in [1.54, 1.807) is 23.1 Å². The van der Waals surface area contributed by atoms with Crippen molar-refractivity contribution in [2.24, 2.45) is 5.92 Å². The highest BCUT2D eigenvalue weighted by Crippen LogP contribution is 2.23. The summed E-state index contributed by atoms with van der Waals surface area (Å²) in [5, 5.41) is 3.99. The third-order valence-corrected chi connectivity index (χ3v) is 4.88. The first-order valence-electron chi connectivity index (χ1n) is 9.04. The number of carbonyl (C=O) groups excluding carboxylic acids is 1. The quantitative estimate of drug-likeness (QED) is 0.793. The number of likely N-dealkylation sites (tertiary alicyclic amines) is 1. The maximum absolute atomic E-state index is 13.7. The average Bonchev–Trinajstić information content (AvgIpc) is 3.12. The summed E-state index contributed by atoms with van der Waals surface area (Å²) in [7, 11) is 3.73. The van der Waals surface area contributed by atoms with Crippen molar-refractivity contribution in [3.8, 4) is 0 Å². The molecule has 0 aliphatic carbocycles. The van der Waals surface area contributed by atoms with Crippen LogP contribution in [0.4, 0.5) is 10.4 Å². The van der Waals surface area contributed by atoms with Crippen molar-refractivity contribution in [2.75, 3.05) is 32.1 Å². The van der Waals surface area contributed by atoms with Gasteiger partial charge in [-0.25, -0.2) is 4.39 Å². The van der Waals surface area contributed by atoms with Crippen LogP contribution in [0.15, 0.2) is 28.8 Å². The Morgan fingerprint density at radius 2 is 2.04 bits per heavy atom. The van der Waals surface area contributed by atoms with E-state index in [4.69, 9.17) is 4.52 Å². The monoisotopic (exact) mass is 360 g/mol. The highest BCUT2D eigenvalue weighted by atomic mass is 19.1. The van der Waals surface area contributed by atoms with Gasteiger partial charge in [0.15, 0.2) is 5.82 Å². The van der Waals surface area contributed by atoms with E-state index in [1.807, 2.05) is 19.0 Å². The molecule has 3 rings (SSSR count). The molecule has 1 fully saturated rings. The predicted molar refractivity (Wildman–Crippen MR) is 96.4 cm³/mol. The van der Waals surface area contributed by atoms with E-state index >= 15 is 0 Å². The van der Waals surface area contributed by atoms with Crippen LogP contribution in [0.3, 0.4) is 0 Å². The Morgan fingerprint density at radius 3 is 2.69 bits per heavy atom. The summed E-state index contributed by atoms with van der Waals surface area (Å²) < 4.78 is 18.9. The van der Waals surface area contributed by atoms with Crippen molar-refractivity contribution >= 4 is 11.9 Å². The lowest BCUT2D eigenvalue weighted by Crippen LogP contribution is -2.39. The van der Waals surface area contributed by atoms with Crippen LogP contribution in [0, 0.1) is 11.7 Å². The molecule has 0 atom stereocenters. The van der Waals surface area contributed by atoms with Gasteiger partial charge in [-0.15, -0.1) is 0 Å². The molecule has 140 valence electrons. The summed E-state index contributed by atoms with van der Waals surface area (Å²) in [6, 6.07) is 6.99. The van der Waals surface area contributed by atoms with E-state index in [1.165, 1.54) is 6.07 Å². The smallest absolute Gasteiger partial charge is 0.323 e. The molecule has 1 amide bonds. The van der Waals surface area contributed by atoms with Crippen LogP contribution in [0.2, 0.25) is 0 Å². The molecule has 6 nitrogen and oxygen atoms in total. The number of nitrogens with zero attached hydrogens (tertiary/aromatic N) is 4. The minimum absolute atomic E-state index is 0.00217. The Morgan fingerprint density at radius 1 is 1.31 bits per heavy atom. The summed E-state index contributed by atoms with van der Waals surface area (Å²) >= 11 is 0. The molecule has 0 bridgehead atoms. The molecule has 2 heterocycles. The molecule has 1 aromatic carbocycles. The van der Waals surface area contributed by atoms with Crippen LogP contribution in [0.25, 0.3) is 0 Å². The van der Waals surface area contributed by atoms with Gasteiger partial charge in [-0.3, -0.25) is 4.79 Å². The van der Waals surface area contributed by atoms with Crippen LogP contribution < -0.4 is 4.90 Å². The van der Waals surface area contributed by atoms with Crippen LogP contribution in [-0.2, 0) is 17.6 Å². The molecular weight excluding hydrogens is 335 g/mol. The first-order valence-corrected chi connectivity index (χ1v) is 9.04. The molecule has 0 saturated carbocycles. The summed E-state index contributed by atoms with van der Waals surface area (Å²) in [6.45, 7) is 1.46. The lowest BCUT2D eigenvalue weighted by atomic mass is 9.92. The first kappa shape index (κ1) is 18.4. The maximum atomic E-state index is 13.7. The normalized spacial score (nSPS) is 15.3. The van der Waals surface area contributed by atoms with Crippen molar-refractivity contribution in [1.29, 1.82) is 0 Å². The SMILES string of the molecule is CN(C)c1nc(CCC2CCN(C(=O)Cc3ccccc3F)CC2)no1. The van der Waals surface area contributed by atoms with Gasteiger partial charge in [0.25, 0.3) is 0 Å². The fourth-order valence-corrected chi connectivity index (χ4v) is 3.25. The van der Waals surface area contributed by atoms with Gasteiger partial charge in [0.05, 0.1) is 6.42 Å². The highest BCUT2D eigenvalue weighted by molar-refractivity contribution is 5.78. The van der Waals surface area contributed by atoms with Gasteiger partial charge in [0.2, 0.25) is 5.91 Å². The highest BCUT2D eigenvalue weighted by Gasteiger charge is 2.23. The van der Waals surface area contributed by atoms with Gasteiger partial charge in [0, 0.05) is 33.6 Å². The second-order valence-corrected chi connectivity index (χ2v) is 7.02. The lowest BCUT2D eigenvalue weighted by molar-refractivity contribution is -0.131. The second-order valence-electron chi connectivity index (χ2n) is 7.02. The van der Waals surface area contributed by atoms with E-state index in [0.717, 1.165) is 44.6 Å². The minimum atomic E-state index is -0.312. The number of carbonyl (C=O) groups is 1. The zero-order valence-corrected chi connectivity index (χ0v) is 15.3. The number of rotatable bonds is 6. The Kier molecular flexibility index (Phi) is 5.85. The molecule has 0 radical (unpaired) electrons. The first-order chi connectivity index (χ1) is 12.5. The molecule has 7 heteroatoms. The number of hydrogen-bond donors (Lipinski definition) is 0. The number of piperidine rings is 1. The average molecular weight is 360 g/mol. The number of halogens is 1. The van der Waals surface area contributed by atoms with Gasteiger partial charge in [-0.2, -0.15) is 4.98 Å². The van der Waals surface area contributed by atoms with E-state index in [2.05, 4.69) is 10.1 Å². The lowest BCUT2D eigenvalue weighted by Gasteiger charge is -2.32. The summed E-state index contributed by atoms with van der Waals surface area (Å²) in [5.74, 6) is 0.968. The Hall–Kier alpha value is -2.44. The van der Waals surface area contributed by atoms with E-state index in [0.29, 0.717) is 17.5 Å². The molecule has 1 aliphatic heterocycles. The van der Waals surface area contributed by atoms with Crippen molar-refractivity contribution in [3.05, 3.63) is 41.5 Å². The van der Waals surface area contributed by atoms with Crippen LogP contribution in [-0.4, -0.2) is 48.1 Å². The van der Waals surface area contributed by atoms with Gasteiger partial charge in [0.1, 0.15) is 5.82 Å². The molecule has 26 heavy (non-hydrogen) atoms. The molecule has 0 N–H and O–H groups in total. The Bertz CT molecular complexity index is 739. The van der Waals surface area contributed by atoms with Crippen molar-refractivity contribution < 1.29 is 13.7 Å². The van der Waals surface area contributed by atoms with Gasteiger partial charge in [-0.05, 0) is 36.8 Å². The minimum Gasteiger partial charge on any atom is -0.342 e. The van der Waals surface area contributed by atoms with E-state index < -0.39 is 0 Å². The Balaban J connectivity index is 1.43. The molecule has 2 aromatic rings. The molecular formula is C19H25FN4O2. The zero-order chi connectivity index (χ0) is 18.5. The maximum Gasteiger partial charge on any atom is 0.323 e. The van der Waals surface area contributed by atoms with Crippen LogP contribution in [0.1, 0.15) is 30.7 Å². The third kappa shape index (κ3) is 4.59. The van der Waals surface area contributed by atoms with Gasteiger partial charge in [-0.1, -0.05) is 23.4 Å². The predicted octanol–water partition coefficient (Wildman–Crippen LogP) is 2.69. The molecule has 1 aliphatic rings. The van der Waals surface area contributed by atoms with Gasteiger partial charge < -0.3 is 14.3 Å². The van der Waals surface area contributed by atoms with Crippen LogP contribution in [0.5, 0.6) is 0 Å². The topological polar surface area (TPSA) is 62.5 Å². The number of aryl methyl sites for hydroxylation is 1. The summed E-state index contributed by atoms with van der Waals surface area (Å²) in [6.07, 6.45) is 3.82. The zero-order valence-electron chi connectivity index (χ0n) is 15.3. The van der Waals surface area contributed by atoms with Crippen molar-refractivity contribution in [1.82, 2.24) is 15.0 Å². The molecule has 0 unspecified atom stereocenters. The molecule has 1 aromatic heterocycles. The number of hydrogen-bond acceptors (Lipinski definition) is 5. The van der Waals surface area contributed by atoms with Gasteiger partial charge >= 0.3 is 6.01 Å². The number of amides is 1.